The third kappa shape index (κ3) is 6.73. The highest BCUT2D eigenvalue weighted by Crippen LogP contribution is 2.31. The van der Waals surface area contributed by atoms with Gasteiger partial charge in [0, 0.05) is 21.1 Å². The van der Waals surface area contributed by atoms with Crippen molar-refractivity contribution in [2.75, 3.05) is 0 Å². The predicted octanol–water partition coefficient (Wildman–Crippen LogP) is 6.87. The van der Waals surface area contributed by atoms with Gasteiger partial charge in [-0.15, -0.1) is 0 Å². The summed E-state index contributed by atoms with van der Waals surface area (Å²) in [5, 5.41) is 1.12. The Labute approximate surface area is 169 Å². The zero-order valence-corrected chi connectivity index (χ0v) is 20.4. The minimum atomic E-state index is 0.0694. The molecule has 0 spiro atoms. The molecule has 148 valence electrons. The van der Waals surface area contributed by atoms with Crippen LogP contribution in [0.2, 0.25) is 0 Å². The number of rotatable bonds is 0. The predicted molar refractivity (Wildman–Crippen MR) is 117 cm³/mol. The fraction of sp³-hybridized carbons (Fsp3) is 0.762. The third-order valence-electron chi connectivity index (χ3n) is 3.76. The Morgan fingerprint density at radius 3 is 1.38 bits per heavy atom. The second kappa shape index (κ2) is 7.67. The lowest BCUT2D eigenvalue weighted by Gasteiger charge is -2.16. The van der Waals surface area contributed by atoms with Gasteiger partial charge in [0.2, 0.25) is 0 Å². The maximum Gasteiger partial charge on any atom is 0.147 e. The minimum Gasteiger partial charge on any atom is -0.223 e. The Balaban J connectivity index is 0.000000260. The molecule has 0 aliphatic rings. The third-order valence-corrected chi connectivity index (χ3v) is 6.11. The summed E-state index contributed by atoms with van der Waals surface area (Å²) in [5.41, 5.74) is 1.82. The summed E-state index contributed by atoms with van der Waals surface area (Å²) in [6, 6.07) is 2.24. The van der Waals surface area contributed by atoms with Gasteiger partial charge in [0.15, 0.2) is 0 Å². The van der Waals surface area contributed by atoms with E-state index in [1.54, 1.807) is 11.5 Å². The van der Waals surface area contributed by atoms with E-state index in [4.69, 9.17) is 0 Å². The zero-order valence-electron chi connectivity index (χ0n) is 18.7. The van der Waals surface area contributed by atoms with Crippen LogP contribution < -0.4 is 0 Å². The normalized spacial score (nSPS) is 13.4. The fourth-order valence-corrected chi connectivity index (χ4v) is 3.67. The lowest BCUT2D eigenvalue weighted by molar-refractivity contribution is 0.535. The van der Waals surface area contributed by atoms with E-state index >= 15 is 0 Å². The SMILES string of the molecule is CC(C)(C)c1cc(C(C)(C)C)sn1.CC(C)(C)c1nsc(C(C)(C)C)n1. The van der Waals surface area contributed by atoms with Gasteiger partial charge in [-0.2, -0.15) is 8.75 Å². The van der Waals surface area contributed by atoms with Crippen molar-refractivity contribution >= 4 is 23.1 Å². The molecule has 2 heterocycles. The van der Waals surface area contributed by atoms with Crippen LogP contribution >= 0.6 is 23.1 Å². The number of hydrogen-bond donors (Lipinski definition) is 0. The van der Waals surface area contributed by atoms with Crippen LogP contribution in [0.1, 0.15) is 104 Å². The number of hydrogen-bond acceptors (Lipinski definition) is 5. The lowest BCUT2D eigenvalue weighted by atomic mass is 9.89. The van der Waals surface area contributed by atoms with Crippen molar-refractivity contribution in [2.45, 2.75) is 105 Å². The van der Waals surface area contributed by atoms with Gasteiger partial charge in [0.25, 0.3) is 0 Å². The van der Waals surface area contributed by atoms with Gasteiger partial charge in [0.1, 0.15) is 10.8 Å². The maximum absolute atomic E-state index is 4.56. The summed E-state index contributed by atoms with van der Waals surface area (Å²) in [5.74, 6) is 0.961. The van der Waals surface area contributed by atoms with Gasteiger partial charge in [-0.3, -0.25) is 0 Å². The molecule has 0 aliphatic heterocycles. The van der Waals surface area contributed by atoms with Crippen molar-refractivity contribution in [3.8, 4) is 0 Å². The van der Waals surface area contributed by atoms with E-state index in [1.165, 1.54) is 22.1 Å². The smallest absolute Gasteiger partial charge is 0.147 e. The van der Waals surface area contributed by atoms with E-state index < -0.39 is 0 Å². The lowest BCUT2D eigenvalue weighted by Crippen LogP contribution is -2.15. The monoisotopic (exact) mass is 395 g/mol. The summed E-state index contributed by atoms with van der Waals surface area (Å²) in [6.45, 7) is 26.2. The van der Waals surface area contributed by atoms with Crippen molar-refractivity contribution in [2.24, 2.45) is 0 Å². The number of nitrogens with zero attached hydrogens (tertiary/aromatic N) is 3. The van der Waals surface area contributed by atoms with Gasteiger partial charge < -0.3 is 0 Å². The van der Waals surface area contributed by atoms with Crippen LogP contribution in [0, 0.1) is 0 Å². The van der Waals surface area contributed by atoms with Crippen LogP contribution in [0.5, 0.6) is 0 Å². The van der Waals surface area contributed by atoms with E-state index in [1.807, 2.05) is 0 Å². The molecule has 0 aliphatic carbocycles. The molecule has 0 aromatic carbocycles. The first kappa shape index (κ1) is 23.2. The molecule has 0 bridgehead atoms. The first-order chi connectivity index (χ1) is 11.4. The van der Waals surface area contributed by atoms with E-state index in [9.17, 15) is 0 Å². The summed E-state index contributed by atoms with van der Waals surface area (Å²) in [4.78, 5) is 5.93. The van der Waals surface area contributed by atoms with Gasteiger partial charge in [0.05, 0.1) is 5.69 Å². The second-order valence-corrected chi connectivity index (χ2v) is 12.6. The van der Waals surface area contributed by atoms with Gasteiger partial charge >= 0.3 is 0 Å². The molecule has 0 unspecified atom stereocenters. The summed E-state index contributed by atoms with van der Waals surface area (Å²) >= 11 is 3.16. The Kier molecular flexibility index (Phi) is 6.85. The minimum absolute atomic E-state index is 0.0694. The molecule has 2 aromatic rings. The molecule has 0 fully saturated rings. The van der Waals surface area contributed by atoms with E-state index in [2.05, 4.69) is 103 Å². The molecule has 0 N–H and O–H groups in total. The zero-order chi connectivity index (χ0) is 20.6. The van der Waals surface area contributed by atoms with Crippen LogP contribution in [0.4, 0.5) is 0 Å². The van der Waals surface area contributed by atoms with Crippen LogP contribution in [-0.2, 0) is 21.7 Å². The molecule has 0 atom stereocenters. The topological polar surface area (TPSA) is 38.7 Å². The summed E-state index contributed by atoms with van der Waals surface area (Å²) < 4.78 is 8.88. The van der Waals surface area contributed by atoms with E-state index in [-0.39, 0.29) is 21.7 Å². The van der Waals surface area contributed by atoms with Crippen LogP contribution in [-0.4, -0.2) is 13.7 Å². The maximum atomic E-state index is 4.56. The standard InChI is InChI=1S/C11H19NS.C10H18N2S/c1-10(2,3)8-7-9(13-12-8)11(4,5)6;1-9(2,3)7-11-8(13-12-7)10(4,5)6/h7H,1-6H3;1-6H3. The summed E-state index contributed by atoms with van der Waals surface area (Å²) in [6.07, 6.45) is 0. The summed E-state index contributed by atoms with van der Waals surface area (Å²) in [7, 11) is 0. The van der Waals surface area contributed by atoms with E-state index in [0.29, 0.717) is 0 Å². The van der Waals surface area contributed by atoms with Crippen molar-refractivity contribution in [3.63, 3.8) is 0 Å². The average molecular weight is 396 g/mol. The molecule has 0 amide bonds. The largest absolute Gasteiger partial charge is 0.223 e. The highest BCUT2D eigenvalue weighted by atomic mass is 32.1. The Hall–Kier alpha value is -0.810. The second-order valence-electron chi connectivity index (χ2n) is 11.0. The molecule has 0 radical (unpaired) electrons. The molecule has 26 heavy (non-hydrogen) atoms. The van der Waals surface area contributed by atoms with E-state index in [0.717, 1.165) is 10.8 Å². The Bertz CT molecular complexity index is 580. The van der Waals surface area contributed by atoms with Crippen molar-refractivity contribution < 1.29 is 0 Å². The van der Waals surface area contributed by atoms with Gasteiger partial charge in [-0.1, -0.05) is 83.1 Å². The molecule has 0 saturated carbocycles. The quantitative estimate of drug-likeness (QED) is 0.488. The fourth-order valence-electron chi connectivity index (χ4n) is 1.81. The highest BCUT2D eigenvalue weighted by Gasteiger charge is 2.24. The molecular weight excluding hydrogens is 358 g/mol. The molecule has 0 saturated heterocycles. The molecule has 5 heteroatoms. The molecule has 2 rings (SSSR count). The van der Waals surface area contributed by atoms with Crippen molar-refractivity contribution in [1.29, 1.82) is 0 Å². The average Bonchev–Trinajstić information content (AvgIpc) is 3.06. The molecule has 2 aromatic heterocycles. The Morgan fingerprint density at radius 1 is 0.615 bits per heavy atom. The van der Waals surface area contributed by atoms with Crippen LogP contribution in [0.15, 0.2) is 6.07 Å². The van der Waals surface area contributed by atoms with Gasteiger partial charge in [-0.05, 0) is 34.5 Å². The molecular formula is C21H37N3S2. The van der Waals surface area contributed by atoms with Crippen molar-refractivity contribution in [1.82, 2.24) is 13.7 Å². The van der Waals surface area contributed by atoms with Crippen molar-refractivity contribution in [3.05, 3.63) is 27.5 Å². The molecule has 3 nitrogen and oxygen atoms in total. The first-order valence-corrected chi connectivity index (χ1v) is 10.8. The number of aromatic nitrogens is 3. The highest BCUT2D eigenvalue weighted by molar-refractivity contribution is 7.06. The first-order valence-electron chi connectivity index (χ1n) is 9.25. The van der Waals surface area contributed by atoms with Gasteiger partial charge in [-0.25, -0.2) is 4.98 Å². The van der Waals surface area contributed by atoms with Crippen LogP contribution in [0.25, 0.3) is 0 Å². The Morgan fingerprint density at radius 2 is 1.15 bits per heavy atom. The van der Waals surface area contributed by atoms with Crippen LogP contribution in [0.3, 0.4) is 0 Å².